The average molecular weight is 680 g/mol. The number of piperazine rings is 1. The van der Waals surface area contributed by atoms with Crippen molar-refractivity contribution in [2.24, 2.45) is 5.92 Å². The van der Waals surface area contributed by atoms with Crippen molar-refractivity contribution in [3.05, 3.63) is 82.7 Å². The van der Waals surface area contributed by atoms with Gasteiger partial charge in [-0.25, -0.2) is 0 Å². The summed E-state index contributed by atoms with van der Waals surface area (Å²) >= 11 is 0. The SMILES string of the molecule is CCNC(=O)c1nnc(-c2cc(C(C)C)c(O)cc2O)n1-c1ccc(CN2CCC(C(=O)N3CCN(c4cc(C)cc(C)c4)CC3)CC2)cc1. The molecule has 3 heterocycles. The number of amides is 2. The number of anilines is 1. The minimum atomic E-state index is -0.377. The van der Waals surface area contributed by atoms with Crippen molar-refractivity contribution in [1.82, 2.24) is 29.9 Å². The minimum absolute atomic E-state index is 0.000526. The van der Waals surface area contributed by atoms with Crippen molar-refractivity contribution in [1.29, 1.82) is 0 Å². The number of likely N-dealkylation sites (tertiary alicyclic amines) is 1. The van der Waals surface area contributed by atoms with E-state index in [-0.39, 0.29) is 35.1 Å². The lowest BCUT2D eigenvalue weighted by atomic mass is 9.94. The van der Waals surface area contributed by atoms with Crippen LogP contribution in [0.1, 0.15) is 72.4 Å². The normalized spacial score (nSPS) is 15.9. The number of carbonyl (C=O) groups is 2. The molecule has 1 aromatic heterocycles. The fourth-order valence-electron chi connectivity index (χ4n) is 7.25. The van der Waals surface area contributed by atoms with E-state index in [1.165, 1.54) is 22.9 Å². The van der Waals surface area contributed by atoms with Gasteiger partial charge in [0.15, 0.2) is 5.82 Å². The summed E-state index contributed by atoms with van der Waals surface area (Å²) in [5, 5.41) is 32.6. The first-order chi connectivity index (χ1) is 24.0. The van der Waals surface area contributed by atoms with Gasteiger partial charge in [-0.2, -0.15) is 0 Å². The second-order valence-electron chi connectivity index (χ2n) is 14.0. The van der Waals surface area contributed by atoms with Crippen LogP contribution in [0.15, 0.2) is 54.6 Å². The van der Waals surface area contributed by atoms with Gasteiger partial charge in [0.1, 0.15) is 11.5 Å². The van der Waals surface area contributed by atoms with E-state index in [9.17, 15) is 19.8 Å². The third kappa shape index (κ3) is 7.47. The lowest BCUT2D eigenvalue weighted by Crippen LogP contribution is -2.51. The fraction of sp³-hybridized carbons (Fsp3) is 0.436. The van der Waals surface area contributed by atoms with Gasteiger partial charge in [-0.3, -0.25) is 19.1 Å². The number of hydrogen-bond donors (Lipinski definition) is 3. The Balaban J connectivity index is 1.10. The Morgan fingerprint density at radius 2 is 1.50 bits per heavy atom. The highest BCUT2D eigenvalue weighted by molar-refractivity contribution is 5.92. The van der Waals surface area contributed by atoms with Gasteiger partial charge >= 0.3 is 0 Å². The number of aromatic hydroxyl groups is 2. The van der Waals surface area contributed by atoms with Crippen LogP contribution in [0.4, 0.5) is 5.69 Å². The van der Waals surface area contributed by atoms with E-state index < -0.39 is 0 Å². The van der Waals surface area contributed by atoms with Crippen LogP contribution in [0.3, 0.4) is 0 Å². The molecule has 0 bridgehead atoms. The number of piperidine rings is 1. The van der Waals surface area contributed by atoms with Crippen LogP contribution in [0, 0.1) is 19.8 Å². The average Bonchev–Trinajstić information content (AvgIpc) is 3.53. The number of aryl methyl sites for hydroxylation is 2. The molecule has 0 aliphatic carbocycles. The number of carbonyl (C=O) groups excluding carboxylic acids is 2. The first-order valence-electron chi connectivity index (χ1n) is 17.8. The lowest BCUT2D eigenvalue weighted by molar-refractivity contribution is -0.137. The smallest absolute Gasteiger partial charge is 0.289 e. The van der Waals surface area contributed by atoms with Crippen LogP contribution in [-0.2, 0) is 11.3 Å². The second-order valence-corrected chi connectivity index (χ2v) is 14.0. The first kappa shape index (κ1) is 34.9. The Kier molecular flexibility index (Phi) is 10.4. The number of rotatable bonds is 9. The Bertz CT molecular complexity index is 1820. The molecule has 4 aromatic rings. The predicted octanol–water partition coefficient (Wildman–Crippen LogP) is 5.40. The fourth-order valence-corrected chi connectivity index (χ4v) is 7.25. The van der Waals surface area contributed by atoms with Crippen LogP contribution in [-0.4, -0.2) is 92.4 Å². The summed E-state index contributed by atoms with van der Waals surface area (Å²) in [5.41, 5.74) is 6.60. The number of aromatic nitrogens is 3. The quantitative estimate of drug-likeness (QED) is 0.215. The van der Waals surface area contributed by atoms with E-state index in [4.69, 9.17) is 0 Å². The molecule has 2 aliphatic rings. The van der Waals surface area contributed by atoms with Gasteiger partial charge in [0.2, 0.25) is 11.7 Å². The number of hydrogen-bond acceptors (Lipinski definition) is 8. The molecule has 0 saturated carbocycles. The van der Waals surface area contributed by atoms with Crippen molar-refractivity contribution in [2.45, 2.75) is 59.9 Å². The molecular weight excluding hydrogens is 630 g/mol. The van der Waals surface area contributed by atoms with E-state index >= 15 is 0 Å². The highest BCUT2D eigenvalue weighted by atomic mass is 16.3. The largest absolute Gasteiger partial charge is 0.508 e. The Labute approximate surface area is 294 Å². The van der Waals surface area contributed by atoms with E-state index in [0.717, 1.165) is 64.2 Å². The molecule has 2 amide bonds. The second kappa shape index (κ2) is 14.9. The van der Waals surface area contributed by atoms with Crippen LogP contribution < -0.4 is 10.2 Å². The molecule has 6 rings (SSSR count). The van der Waals surface area contributed by atoms with Gasteiger partial charge < -0.3 is 25.3 Å². The highest BCUT2D eigenvalue weighted by Gasteiger charge is 2.31. The van der Waals surface area contributed by atoms with Crippen molar-refractivity contribution >= 4 is 17.5 Å². The molecule has 11 heteroatoms. The minimum Gasteiger partial charge on any atom is -0.508 e. The molecule has 50 heavy (non-hydrogen) atoms. The molecular formula is C39H49N7O4. The predicted molar refractivity (Wildman–Crippen MR) is 195 cm³/mol. The van der Waals surface area contributed by atoms with Crippen molar-refractivity contribution in [2.75, 3.05) is 50.7 Å². The molecule has 2 aliphatic heterocycles. The van der Waals surface area contributed by atoms with Crippen molar-refractivity contribution in [3.8, 4) is 28.6 Å². The number of benzene rings is 3. The number of phenolic OH excluding ortho intramolecular Hbond substituents is 2. The zero-order valence-electron chi connectivity index (χ0n) is 29.8. The van der Waals surface area contributed by atoms with Gasteiger partial charge in [0, 0.05) is 62.6 Å². The number of phenols is 2. The third-order valence-corrected chi connectivity index (χ3v) is 9.91. The molecule has 11 nitrogen and oxygen atoms in total. The Morgan fingerprint density at radius 1 is 0.840 bits per heavy atom. The van der Waals surface area contributed by atoms with Crippen LogP contribution in [0.5, 0.6) is 11.5 Å². The highest BCUT2D eigenvalue weighted by Crippen LogP contribution is 2.38. The van der Waals surface area contributed by atoms with Crippen molar-refractivity contribution < 1.29 is 19.8 Å². The summed E-state index contributed by atoms with van der Waals surface area (Å²) in [6.45, 7) is 16.1. The maximum atomic E-state index is 13.5. The molecule has 2 saturated heterocycles. The Hall–Kier alpha value is -4.90. The molecule has 3 aromatic carbocycles. The lowest BCUT2D eigenvalue weighted by Gasteiger charge is -2.39. The zero-order valence-corrected chi connectivity index (χ0v) is 29.8. The summed E-state index contributed by atoms with van der Waals surface area (Å²) < 4.78 is 1.64. The maximum absolute atomic E-state index is 13.5. The Morgan fingerprint density at radius 3 is 2.12 bits per heavy atom. The van der Waals surface area contributed by atoms with Gasteiger partial charge in [-0.1, -0.05) is 32.0 Å². The standard InChI is InChI=1S/C39H49N7O4/c1-6-40-38(49)37-42-41-36(33-22-32(25(2)3)34(47)23-35(33)48)46(37)30-9-7-28(8-10-30)24-43-13-11-29(12-14-43)39(50)45-17-15-44(16-18-45)31-20-26(4)19-27(5)21-31/h7-10,19-23,25,29,47-48H,6,11-18,24H2,1-5H3,(H,40,49). The molecule has 264 valence electrons. The number of nitrogens with zero attached hydrogens (tertiary/aromatic N) is 6. The van der Waals surface area contributed by atoms with Crippen LogP contribution in [0.2, 0.25) is 0 Å². The maximum Gasteiger partial charge on any atom is 0.289 e. The topological polar surface area (TPSA) is 127 Å². The summed E-state index contributed by atoms with van der Waals surface area (Å²) in [4.78, 5) is 33.3. The van der Waals surface area contributed by atoms with Crippen molar-refractivity contribution in [3.63, 3.8) is 0 Å². The molecule has 0 unspecified atom stereocenters. The monoisotopic (exact) mass is 679 g/mol. The summed E-state index contributed by atoms with van der Waals surface area (Å²) in [6.07, 6.45) is 1.70. The summed E-state index contributed by atoms with van der Waals surface area (Å²) in [6, 6.07) is 17.6. The molecule has 0 spiro atoms. The van der Waals surface area contributed by atoms with E-state index in [0.29, 0.717) is 35.1 Å². The van der Waals surface area contributed by atoms with Crippen LogP contribution in [0.25, 0.3) is 17.1 Å². The van der Waals surface area contributed by atoms with Crippen LogP contribution >= 0.6 is 0 Å². The molecule has 0 radical (unpaired) electrons. The molecule has 3 N–H and O–H groups in total. The van der Waals surface area contributed by atoms with Gasteiger partial charge in [0.25, 0.3) is 5.91 Å². The van der Waals surface area contributed by atoms with Gasteiger partial charge in [0.05, 0.1) is 5.56 Å². The van der Waals surface area contributed by atoms with E-state index in [2.05, 4.69) is 62.3 Å². The number of nitrogens with one attached hydrogen (secondary N) is 1. The van der Waals surface area contributed by atoms with Gasteiger partial charge in [-0.15, -0.1) is 10.2 Å². The van der Waals surface area contributed by atoms with Gasteiger partial charge in [-0.05, 0) is 105 Å². The zero-order chi connectivity index (χ0) is 35.5. The first-order valence-corrected chi connectivity index (χ1v) is 17.8. The van der Waals surface area contributed by atoms with E-state index in [1.54, 1.807) is 10.6 Å². The van der Waals surface area contributed by atoms with E-state index in [1.807, 2.05) is 45.0 Å². The summed E-state index contributed by atoms with van der Waals surface area (Å²) in [5.74, 6) is 0.236. The summed E-state index contributed by atoms with van der Waals surface area (Å²) in [7, 11) is 0. The molecule has 2 fully saturated rings. The molecule has 0 atom stereocenters. The third-order valence-electron chi connectivity index (χ3n) is 9.91.